The predicted octanol–water partition coefficient (Wildman–Crippen LogP) is 0.529. The van der Waals surface area contributed by atoms with Gasteiger partial charge in [-0.15, -0.1) is 0 Å². The lowest BCUT2D eigenvalue weighted by molar-refractivity contribution is 0.0170. The highest BCUT2D eigenvalue weighted by Crippen LogP contribution is 2.14. The van der Waals surface area contributed by atoms with E-state index < -0.39 is 0 Å². The minimum atomic E-state index is -0.320. The Morgan fingerprint density at radius 3 is 2.69 bits per heavy atom. The molecule has 0 aliphatic heterocycles. The third kappa shape index (κ3) is 2.78. The van der Waals surface area contributed by atoms with E-state index in [0.29, 0.717) is 18.1 Å². The lowest BCUT2D eigenvalue weighted by Crippen LogP contribution is -2.25. The van der Waals surface area contributed by atoms with Crippen molar-refractivity contribution in [3.8, 4) is 0 Å². The van der Waals surface area contributed by atoms with Crippen LogP contribution in [0.1, 0.15) is 25.6 Å². The molecule has 5 heteroatoms. The van der Waals surface area contributed by atoms with E-state index >= 15 is 0 Å². The molecule has 0 unspecified atom stereocenters. The summed E-state index contributed by atoms with van der Waals surface area (Å²) in [5.74, 6) is 0.790. The second kappa shape index (κ2) is 3.85. The zero-order chi connectivity index (χ0) is 9.90. The number of hydrogen-bond acceptors (Lipinski definition) is 5. The highest BCUT2D eigenvalue weighted by molar-refractivity contribution is 4.89. The summed E-state index contributed by atoms with van der Waals surface area (Å²) in [6.07, 6.45) is 0.538. The fourth-order valence-corrected chi connectivity index (χ4v) is 0.863. The third-order valence-corrected chi connectivity index (χ3v) is 1.78. The van der Waals surface area contributed by atoms with E-state index in [4.69, 9.17) is 14.4 Å². The number of methoxy groups -OCH3 is 1. The van der Waals surface area contributed by atoms with E-state index in [9.17, 15) is 0 Å². The third-order valence-electron chi connectivity index (χ3n) is 1.78. The first kappa shape index (κ1) is 10.1. The normalized spacial score (nSPS) is 12.0. The van der Waals surface area contributed by atoms with Crippen LogP contribution < -0.4 is 0 Å². The fraction of sp³-hybridized carbons (Fsp3) is 0.750. The molecule has 0 saturated carbocycles. The number of ether oxygens (including phenoxy) is 1. The average Bonchev–Trinajstić information content (AvgIpc) is 2.52. The maximum Gasteiger partial charge on any atom is 0.229 e. The molecule has 0 spiro atoms. The van der Waals surface area contributed by atoms with Crippen molar-refractivity contribution in [3.63, 3.8) is 0 Å². The van der Waals surface area contributed by atoms with Crippen LogP contribution in [0.5, 0.6) is 0 Å². The molecule has 0 fully saturated rings. The van der Waals surface area contributed by atoms with Crippen LogP contribution in [0.3, 0.4) is 0 Å². The highest BCUT2D eigenvalue weighted by atomic mass is 16.5. The molecule has 1 aromatic rings. The van der Waals surface area contributed by atoms with Crippen molar-refractivity contribution in [3.05, 3.63) is 11.7 Å². The quantitative estimate of drug-likeness (QED) is 0.742. The average molecular weight is 186 g/mol. The molecule has 74 valence electrons. The van der Waals surface area contributed by atoms with Gasteiger partial charge in [0.15, 0.2) is 5.82 Å². The SMILES string of the molecule is COC(C)(C)Cc1nc(CO)no1. The van der Waals surface area contributed by atoms with Gasteiger partial charge in [-0.3, -0.25) is 0 Å². The van der Waals surface area contributed by atoms with Gasteiger partial charge in [0.25, 0.3) is 0 Å². The molecule has 0 radical (unpaired) electrons. The molecule has 0 saturated heterocycles. The molecule has 0 bridgehead atoms. The Labute approximate surface area is 76.7 Å². The number of hydrogen-bond donors (Lipinski definition) is 1. The summed E-state index contributed by atoms with van der Waals surface area (Å²) in [5.41, 5.74) is -0.320. The lowest BCUT2D eigenvalue weighted by Gasteiger charge is -2.19. The molecular weight excluding hydrogens is 172 g/mol. The molecule has 0 atom stereocenters. The van der Waals surface area contributed by atoms with Gasteiger partial charge in [-0.2, -0.15) is 4.98 Å². The Morgan fingerprint density at radius 1 is 1.54 bits per heavy atom. The van der Waals surface area contributed by atoms with Crippen molar-refractivity contribution >= 4 is 0 Å². The van der Waals surface area contributed by atoms with Crippen molar-refractivity contribution in [2.45, 2.75) is 32.5 Å². The Hall–Kier alpha value is -0.940. The topological polar surface area (TPSA) is 68.4 Å². The minimum Gasteiger partial charge on any atom is -0.388 e. The smallest absolute Gasteiger partial charge is 0.229 e. The van der Waals surface area contributed by atoms with Gasteiger partial charge < -0.3 is 14.4 Å². The molecule has 0 amide bonds. The molecule has 0 aromatic carbocycles. The second-order valence-electron chi connectivity index (χ2n) is 3.40. The van der Waals surface area contributed by atoms with Crippen molar-refractivity contribution in [2.75, 3.05) is 7.11 Å². The van der Waals surface area contributed by atoms with Gasteiger partial charge in [-0.05, 0) is 13.8 Å². The Bertz CT molecular complexity index is 270. The molecule has 1 N–H and O–H groups in total. The van der Waals surface area contributed by atoms with E-state index in [1.165, 1.54) is 0 Å². The summed E-state index contributed by atoms with van der Waals surface area (Å²) < 4.78 is 10.1. The van der Waals surface area contributed by atoms with Crippen LogP contribution in [0.15, 0.2) is 4.52 Å². The Morgan fingerprint density at radius 2 is 2.23 bits per heavy atom. The number of rotatable bonds is 4. The maximum absolute atomic E-state index is 8.69. The van der Waals surface area contributed by atoms with Gasteiger partial charge in [0.1, 0.15) is 6.61 Å². The van der Waals surface area contributed by atoms with E-state index in [2.05, 4.69) is 10.1 Å². The van der Waals surface area contributed by atoms with E-state index in [1.54, 1.807) is 7.11 Å². The van der Waals surface area contributed by atoms with Crippen molar-refractivity contribution in [1.29, 1.82) is 0 Å². The van der Waals surface area contributed by atoms with Crippen LogP contribution in [0.4, 0.5) is 0 Å². The fourth-order valence-electron chi connectivity index (χ4n) is 0.863. The standard InChI is InChI=1S/C8H14N2O3/c1-8(2,12-3)4-7-9-6(5-11)10-13-7/h11H,4-5H2,1-3H3. The molecule has 1 heterocycles. The van der Waals surface area contributed by atoms with Gasteiger partial charge in [-0.25, -0.2) is 0 Å². The van der Waals surface area contributed by atoms with E-state index in [1.807, 2.05) is 13.8 Å². The summed E-state index contributed by atoms with van der Waals surface area (Å²) in [5, 5.41) is 12.3. The molecule has 0 aliphatic carbocycles. The molecular formula is C8H14N2O3. The first-order chi connectivity index (χ1) is 6.07. The maximum atomic E-state index is 8.69. The highest BCUT2D eigenvalue weighted by Gasteiger charge is 2.21. The van der Waals surface area contributed by atoms with Crippen LogP contribution in [0.25, 0.3) is 0 Å². The zero-order valence-corrected chi connectivity index (χ0v) is 8.07. The van der Waals surface area contributed by atoms with Gasteiger partial charge in [0, 0.05) is 7.11 Å². The number of nitrogens with zero attached hydrogens (tertiary/aromatic N) is 2. The minimum absolute atomic E-state index is 0.198. The summed E-state index contributed by atoms with van der Waals surface area (Å²) in [6.45, 7) is 3.66. The summed E-state index contributed by atoms with van der Waals surface area (Å²) >= 11 is 0. The Balaban J connectivity index is 2.63. The van der Waals surface area contributed by atoms with Crippen molar-refractivity contribution in [2.24, 2.45) is 0 Å². The van der Waals surface area contributed by atoms with Gasteiger partial charge in [0.2, 0.25) is 5.89 Å². The van der Waals surface area contributed by atoms with E-state index in [-0.39, 0.29) is 12.2 Å². The molecule has 13 heavy (non-hydrogen) atoms. The van der Waals surface area contributed by atoms with Gasteiger partial charge in [0.05, 0.1) is 12.0 Å². The van der Waals surface area contributed by atoms with Crippen molar-refractivity contribution in [1.82, 2.24) is 10.1 Å². The zero-order valence-electron chi connectivity index (χ0n) is 8.07. The second-order valence-corrected chi connectivity index (χ2v) is 3.40. The largest absolute Gasteiger partial charge is 0.388 e. The van der Waals surface area contributed by atoms with Crippen LogP contribution >= 0.6 is 0 Å². The van der Waals surface area contributed by atoms with Crippen LogP contribution in [-0.2, 0) is 17.8 Å². The monoisotopic (exact) mass is 186 g/mol. The molecule has 0 aliphatic rings. The molecule has 5 nitrogen and oxygen atoms in total. The van der Waals surface area contributed by atoms with Crippen molar-refractivity contribution < 1.29 is 14.4 Å². The Kier molecular flexibility index (Phi) is 3.00. The van der Waals surface area contributed by atoms with Crippen LogP contribution in [0.2, 0.25) is 0 Å². The number of aliphatic hydroxyl groups excluding tert-OH is 1. The molecule has 1 rings (SSSR count). The summed E-state index contributed by atoms with van der Waals surface area (Å²) in [6, 6.07) is 0. The van der Waals surface area contributed by atoms with Gasteiger partial charge >= 0.3 is 0 Å². The molecule has 1 aromatic heterocycles. The lowest BCUT2D eigenvalue weighted by atomic mass is 10.1. The van der Waals surface area contributed by atoms with Gasteiger partial charge in [-0.1, -0.05) is 5.16 Å². The predicted molar refractivity (Wildman–Crippen MR) is 45.0 cm³/mol. The first-order valence-electron chi connectivity index (χ1n) is 4.05. The summed E-state index contributed by atoms with van der Waals surface area (Å²) in [4.78, 5) is 3.95. The van der Waals surface area contributed by atoms with E-state index in [0.717, 1.165) is 0 Å². The number of aromatic nitrogens is 2. The van der Waals surface area contributed by atoms with Crippen LogP contribution in [-0.4, -0.2) is 28.0 Å². The number of aliphatic hydroxyl groups is 1. The first-order valence-corrected chi connectivity index (χ1v) is 4.05. The summed E-state index contributed by atoms with van der Waals surface area (Å²) in [7, 11) is 1.63. The van der Waals surface area contributed by atoms with Crippen LogP contribution in [0, 0.1) is 0 Å².